The number of hydrogen-bond acceptors (Lipinski definition) is 9. The summed E-state index contributed by atoms with van der Waals surface area (Å²) in [5, 5.41) is 16.4. The second kappa shape index (κ2) is 18.0. The number of ether oxygens (including phenoxy) is 2. The first kappa shape index (κ1) is 43.2. The van der Waals surface area contributed by atoms with Crippen molar-refractivity contribution in [3.05, 3.63) is 87.5 Å². The molecule has 3 aliphatic heterocycles. The number of aromatic nitrogens is 2. The highest BCUT2D eigenvalue weighted by Crippen LogP contribution is 2.42. The number of pyridine rings is 2. The van der Waals surface area contributed by atoms with Crippen LogP contribution < -0.4 is 15.4 Å². The van der Waals surface area contributed by atoms with Gasteiger partial charge in [0.15, 0.2) is 0 Å². The lowest BCUT2D eigenvalue weighted by Crippen LogP contribution is -2.47. The third-order valence-corrected chi connectivity index (χ3v) is 11.6. The molecule has 2 aromatic carbocycles. The molecule has 4 aromatic rings. The molecule has 61 heavy (non-hydrogen) atoms. The number of nitrogens with one attached hydrogen (secondary N) is 2. The first-order chi connectivity index (χ1) is 29.1. The van der Waals surface area contributed by atoms with E-state index < -0.39 is 17.8 Å². The van der Waals surface area contributed by atoms with Gasteiger partial charge in [-0.3, -0.25) is 19.4 Å². The minimum Gasteiger partial charge on any atom is -0.481 e. The van der Waals surface area contributed by atoms with Crippen molar-refractivity contribution in [2.24, 2.45) is 0 Å². The summed E-state index contributed by atoms with van der Waals surface area (Å²) in [4.78, 5) is 76.2. The van der Waals surface area contributed by atoms with E-state index in [-0.39, 0.29) is 68.4 Å². The number of benzene rings is 2. The van der Waals surface area contributed by atoms with E-state index >= 15 is 0 Å². The second-order valence-corrected chi connectivity index (χ2v) is 17.1. The lowest BCUT2D eigenvalue weighted by molar-refractivity contribution is -0.120. The van der Waals surface area contributed by atoms with Gasteiger partial charge in [-0.2, -0.15) is 0 Å². The highest BCUT2D eigenvalue weighted by atomic mass is 35.5. The number of carbonyl (C=O) groups is 5. The molecule has 2 atom stereocenters. The monoisotopic (exact) mass is 871 g/mol. The van der Waals surface area contributed by atoms with Crippen LogP contribution in [0.5, 0.6) is 5.88 Å². The fraction of sp³-hybridized carbons (Fsp3) is 0.386. The van der Waals surface area contributed by atoms with Gasteiger partial charge in [0, 0.05) is 91.7 Å². The average molecular weight is 873 g/mol. The smallest absolute Gasteiger partial charge is 0.410 e. The molecule has 7 rings (SSSR count). The molecular formula is C44H47Cl2N7O8. The van der Waals surface area contributed by atoms with Crippen molar-refractivity contribution in [2.45, 2.75) is 77.2 Å². The van der Waals surface area contributed by atoms with Gasteiger partial charge in [-0.15, -0.1) is 0 Å². The number of hydrogen-bond donors (Lipinski definition) is 3. The van der Waals surface area contributed by atoms with Crippen molar-refractivity contribution in [3.8, 4) is 39.5 Å². The second-order valence-electron chi connectivity index (χ2n) is 16.3. The molecule has 0 bridgehead atoms. The summed E-state index contributed by atoms with van der Waals surface area (Å²) in [6, 6.07) is 16.0. The van der Waals surface area contributed by atoms with Gasteiger partial charge >= 0.3 is 12.2 Å². The maximum atomic E-state index is 13.5. The Balaban J connectivity index is 1.08. The van der Waals surface area contributed by atoms with Gasteiger partial charge in [-0.25, -0.2) is 14.6 Å². The Morgan fingerprint density at radius 1 is 0.852 bits per heavy atom. The largest absolute Gasteiger partial charge is 0.481 e. The lowest BCUT2D eigenvalue weighted by Gasteiger charge is -2.30. The van der Waals surface area contributed by atoms with Crippen LogP contribution in [0.2, 0.25) is 10.0 Å². The van der Waals surface area contributed by atoms with Crippen LogP contribution in [0, 0.1) is 0 Å². The van der Waals surface area contributed by atoms with Crippen LogP contribution >= 0.6 is 23.2 Å². The van der Waals surface area contributed by atoms with Gasteiger partial charge < -0.3 is 39.9 Å². The molecule has 0 aliphatic carbocycles. The molecule has 3 aliphatic rings. The Morgan fingerprint density at radius 2 is 1.44 bits per heavy atom. The molecule has 2 saturated heterocycles. The third kappa shape index (κ3) is 9.84. The number of fused-ring (bicyclic) bond motifs is 1. The summed E-state index contributed by atoms with van der Waals surface area (Å²) in [5.74, 6) is -0.112. The number of methoxy groups -OCH3 is 1. The van der Waals surface area contributed by atoms with Crippen molar-refractivity contribution in [1.29, 1.82) is 0 Å². The van der Waals surface area contributed by atoms with Crippen molar-refractivity contribution in [1.82, 2.24) is 35.3 Å². The predicted molar refractivity (Wildman–Crippen MR) is 228 cm³/mol. The predicted octanol–water partition coefficient (Wildman–Crippen LogP) is 7.02. The van der Waals surface area contributed by atoms with Crippen LogP contribution in [0.3, 0.4) is 0 Å². The summed E-state index contributed by atoms with van der Waals surface area (Å²) in [6.45, 7) is 6.56. The van der Waals surface area contributed by atoms with Crippen molar-refractivity contribution >= 4 is 53.1 Å². The van der Waals surface area contributed by atoms with E-state index in [0.717, 1.165) is 5.56 Å². The number of nitrogens with zero attached hydrogens (tertiary/aromatic N) is 5. The van der Waals surface area contributed by atoms with Crippen molar-refractivity contribution < 1.29 is 38.6 Å². The van der Waals surface area contributed by atoms with Gasteiger partial charge in [0.05, 0.1) is 40.7 Å². The molecular weight excluding hydrogens is 825 g/mol. The van der Waals surface area contributed by atoms with E-state index in [0.29, 0.717) is 87.0 Å². The van der Waals surface area contributed by atoms with E-state index in [2.05, 4.69) is 15.6 Å². The van der Waals surface area contributed by atoms with Crippen LogP contribution in [-0.2, 0) is 27.4 Å². The minimum absolute atomic E-state index is 0.00626. The fourth-order valence-corrected chi connectivity index (χ4v) is 8.44. The Labute approximate surface area is 363 Å². The molecule has 0 spiro atoms. The zero-order chi connectivity index (χ0) is 43.6. The van der Waals surface area contributed by atoms with Crippen LogP contribution in [0.15, 0.2) is 60.8 Å². The first-order valence-corrected chi connectivity index (χ1v) is 20.8. The summed E-state index contributed by atoms with van der Waals surface area (Å²) in [5.41, 5.74) is 4.64. The standard InChI is InChI=1S/C44H47Cl2N7O8/c1-44(2,3)61-43(59)52(23-27-12-15-36(54)48-27)18-17-51-22-26-19-35(47-20-33(26)41(51)56)32-10-6-8-30(39(32)46)29-7-5-9-31(38(29)45)34-14-11-25(40(50-34)60-4)21-53(42(57)58)24-28-13-16-37(55)49-28/h5-11,14,19-20,27-28H,12-13,15-18,21-24H2,1-4H3,(H,48,54)(H,49,55)(H,57,58)/t27-,28-/m0/s1. The van der Waals surface area contributed by atoms with E-state index in [4.69, 9.17) is 37.7 Å². The quantitative estimate of drug-likeness (QED) is 0.126. The van der Waals surface area contributed by atoms with E-state index in [9.17, 15) is 29.1 Å². The fourth-order valence-electron chi connectivity index (χ4n) is 7.79. The van der Waals surface area contributed by atoms with Crippen LogP contribution in [0.1, 0.15) is 67.9 Å². The summed E-state index contributed by atoms with van der Waals surface area (Å²) < 4.78 is 11.3. The zero-order valence-corrected chi connectivity index (χ0v) is 35.8. The molecule has 5 amide bonds. The molecule has 5 heterocycles. The number of amides is 5. The molecule has 0 saturated carbocycles. The number of rotatable bonds is 13. The van der Waals surface area contributed by atoms with Gasteiger partial charge in [0.25, 0.3) is 5.91 Å². The van der Waals surface area contributed by atoms with Crippen molar-refractivity contribution in [2.75, 3.05) is 33.3 Å². The topological polar surface area (TPSA) is 184 Å². The lowest BCUT2D eigenvalue weighted by atomic mass is 9.97. The molecule has 2 fully saturated rings. The molecule has 3 N–H and O–H groups in total. The van der Waals surface area contributed by atoms with Gasteiger partial charge in [-0.1, -0.05) is 59.6 Å². The Kier molecular flexibility index (Phi) is 12.7. The molecule has 15 nitrogen and oxygen atoms in total. The molecule has 0 unspecified atom stereocenters. The van der Waals surface area contributed by atoms with E-state index in [1.165, 1.54) is 12.0 Å². The van der Waals surface area contributed by atoms with Gasteiger partial charge in [0.1, 0.15) is 5.60 Å². The summed E-state index contributed by atoms with van der Waals surface area (Å²) >= 11 is 14.3. The molecule has 0 radical (unpaired) electrons. The van der Waals surface area contributed by atoms with Gasteiger partial charge in [0.2, 0.25) is 17.7 Å². The number of carbonyl (C=O) groups excluding carboxylic acids is 4. The molecule has 17 heteroatoms. The van der Waals surface area contributed by atoms with Crippen LogP contribution in [-0.4, -0.2) is 111 Å². The zero-order valence-electron chi connectivity index (χ0n) is 34.3. The van der Waals surface area contributed by atoms with E-state index in [1.54, 1.807) is 48.9 Å². The van der Waals surface area contributed by atoms with Crippen LogP contribution in [0.4, 0.5) is 9.59 Å². The van der Waals surface area contributed by atoms with Crippen LogP contribution in [0.25, 0.3) is 33.6 Å². The first-order valence-electron chi connectivity index (χ1n) is 20.0. The number of halogens is 2. The maximum absolute atomic E-state index is 13.5. The Hall–Kier alpha value is -5.93. The molecule has 320 valence electrons. The summed E-state index contributed by atoms with van der Waals surface area (Å²) in [6.07, 6.45) is 1.86. The SMILES string of the molecule is COc1nc(-c2cccc(-c3cccc(-c4cc5c(cn4)C(=O)N(CCN(C[C@@H]4CCC(=O)N4)C(=O)OC(C)(C)C)C5)c3Cl)c2Cl)ccc1CN(C[C@@H]1CCC(=O)N1)C(=O)O. The van der Waals surface area contributed by atoms with E-state index in [1.807, 2.05) is 42.5 Å². The Bertz CT molecular complexity index is 2390. The Morgan fingerprint density at radius 3 is 2.00 bits per heavy atom. The minimum atomic E-state index is -1.12. The third-order valence-electron chi connectivity index (χ3n) is 10.8. The maximum Gasteiger partial charge on any atom is 0.410 e. The summed E-state index contributed by atoms with van der Waals surface area (Å²) in [7, 11) is 1.46. The van der Waals surface area contributed by atoms with Gasteiger partial charge in [-0.05, 0) is 57.4 Å². The highest BCUT2D eigenvalue weighted by molar-refractivity contribution is 6.39. The normalized spacial score (nSPS) is 17.2. The molecule has 2 aromatic heterocycles. The van der Waals surface area contributed by atoms with Crippen molar-refractivity contribution in [3.63, 3.8) is 0 Å². The number of carboxylic acid groups (broad SMARTS) is 1. The highest BCUT2D eigenvalue weighted by Gasteiger charge is 2.33. The average Bonchev–Trinajstić information content (AvgIpc) is 3.92.